The second-order valence-electron chi connectivity index (χ2n) is 3.67. The summed E-state index contributed by atoms with van der Waals surface area (Å²) >= 11 is 0. The summed E-state index contributed by atoms with van der Waals surface area (Å²) in [6.07, 6.45) is 1.22. The molecular weight excluding hydrogens is 257 g/mol. The van der Waals surface area contributed by atoms with Crippen LogP contribution in [0.5, 0.6) is 0 Å². The Morgan fingerprint density at radius 2 is 1.95 bits per heavy atom. The van der Waals surface area contributed by atoms with E-state index in [4.69, 9.17) is 5.73 Å². The molecule has 0 fully saturated rings. The van der Waals surface area contributed by atoms with Crippen molar-refractivity contribution in [3.63, 3.8) is 0 Å². The predicted octanol–water partition coefficient (Wildman–Crippen LogP) is -3.75. The van der Waals surface area contributed by atoms with Crippen LogP contribution in [0.1, 0.15) is 0 Å². The van der Waals surface area contributed by atoms with Crippen molar-refractivity contribution in [2.75, 3.05) is 5.73 Å². The number of rotatable bonds is 3. The van der Waals surface area contributed by atoms with Gasteiger partial charge in [-0.2, -0.15) is 0 Å². The predicted molar refractivity (Wildman–Crippen MR) is 63.4 cm³/mol. The molecule has 7 heteroatoms. The summed E-state index contributed by atoms with van der Waals surface area (Å²) in [5.41, 5.74) is 5.38. The molecule has 1 aromatic carbocycles. The van der Waals surface area contributed by atoms with Crippen molar-refractivity contribution in [1.29, 1.82) is 0 Å². The minimum absolute atomic E-state index is 0. The minimum Gasteiger partial charge on any atom is -0.548 e. The number of carbonyl (C=O) groups excluding carboxylic acids is 1. The Balaban J connectivity index is 0.00000180. The van der Waals surface area contributed by atoms with Gasteiger partial charge >= 0.3 is 29.6 Å². The monoisotopic (exact) mass is 267 g/mol. The SMILES string of the molecule is Nc1cnc(-c2ccccc2)n(CC(=O)[O-])c1=O.[Na+]. The number of aliphatic carboxylic acids is 1. The van der Waals surface area contributed by atoms with E-state index in [-0.39, 0.29) is 41.1 Å². The number of benzene rings is 1. The van der Waals surface area contributed by atoms with E-state index >= 15 is 0 Å². The van der Waals surface area contributed by atoms with Gasteiger partial charge in [0.2, 0.25) is 0 Å². The molecule has 0 bridgehead atoms. The fourth-order valence-corrected chi connectivity index (χ4v) is 1.60. The van der Waals surface area contributed by atoms with E-state index in [1.54, 1.807) is 24.3 Å². The van der Waals surface area contributed by atoms with Crippen molar-refractivity contribution in [1.82, 2.24) is 9.55 Å². The summed E-state index contributed by atoms with van der Waals surface area (Å²) < 4.78 is 0.986. The Morgan fingerprint density at radius 3 is 2.53 bits per heavy atom. The van der Waals surface area contributed by atoms with Gasteiger partial charge in [0.25, 0.3) is 5.56 Å². The largest absolute Gasteiger partial charge is 1.00 e. The molecule has 0 unspecified atom stereocenters. The molecule has 0 saturated heterocycles. The van der Waals surface area contributed by atoms with Crippen molar-refractivity contribution >= 4 is 11.7 Å². The number of aromatic nitrogens is 2. The number of hydrogen-bond donors (Lipinski definition) is 1. The Morgan fingerprint density at radius 1 is 1.32 bits per heavy atom. The second-order valence-corrected chi connectivity index (χ2v) is 3.67. The molecule has 19 heavy (non-hydrogen) atoms. The molecule has 6 nitrogen and oxygen atoms in total. The molecule has 0 aliphatic heterocycles. The van der Waals surface area contributed by atoms with Gasteiger partial charge in [0.05, 0.1) is 18.7 Å². The molecule has 0 aliphatic carbocycles. The first-order valence-electron chi connectivity index (χ1n) is 5.20. The first-order valence-corrected chi connectivity index (χ1v) is 5.20. The fourth-order valence-electron chi connectivity index (χ4n) is 1.60. The third-order valence-electron chi connectivity index (χ3n) is 2.39. The fraction of sp³-hybridized carbons (Fsp3) is 0.0833. The summed E-state index contributed by atoms with van der Waals surface area (Å²) in [4.78, 5) is 26.5. The van der Waals surface area contributed by atoms with Crippen LogP contribution in [0.2, 0.25) is 0 Å². The van der Waals surface area contributed by atoms with Crippen LogP contribution < -0.4 is 46.0 Å². The average molecular weight is 267 g/mol. The Hall–Kier alpha value is -1.63. The van der Waals surface area contributed by atoms with Crippen molar-refractivity contribution in [2.45, 2.75) is 6.54 Å². The van der Waals surface area contributed by atoms with Crippen LogP contribution in [0.3, 0.4) is 0 Å². The standard InChI is InChI=1S/C12H11N3O3.Na/c13-9-6-14-11(8-4-2-1-3-5-8)15(12(9)18)7-10(16)17;/h1-6H,7,13H2,(H,16,17);/q;+1/p-1. The number of nitrogens with two attached hydrogens (primary N) is 1. The van der Waals surface area contributed by atoms with E-state index in [9.17, 15) is 14.7 Å². The topological polar surface area (TPSA) is 101 Å². The van der Waals surface area contributed by atoms with Gasteiger partial charge in [-0.3, -0.25) is 9.36 Å². The molecule has 0 saturated carbocycles. The van der Waals surface area contributed by atoms with Crippen LogP contribution in [-0.2, 0) is 11.3 Å². The number of carboxylic acid groups (broad SMARTS) is 1. The summed E-state index contributed by atoms with van der Waals surface area (Å²) in [5.74, 6) is -1.12. The van der Waals surface area contributed by atoms with Gasteiger partial charge in [0.15, 0.2) is 0 Å². The quantitative estimate of drug-likeness (QED) is 0.576. The molecule has 0 atom stereocenters. The Labute approximate surface area is 131 Å². The number of nitrogens with zero attached hydrogens (tertiary/aromatic N) is 2. The van der Waals surface area contributed by atoms with Gasteiger partial charge in [-0.05, 0) is 0 Å². The molecule has 1 heterocycles. The van der Waals surface area contributed by atoms with Crippen LogP contribution in [-0.4, -0.2) is 15.5 Å². The van der Waals surface area contributed by atoms with Crippen LogP contribution in [0.25, 0.3) is 11.4 Å². The maximum Gasteiger partial charge on any atom is 1.00 e. The van der Waals surface area contributed by atoms with Crippen molar-refractivity contribution < 1.29 is 39.5 Å². The van der Waals surface area contributed by atoms with Crippen LogP contribution in [0, 0.1) is 0 Å². The Bertz CT molecular complexity index is 640. The van der Waals surface area contributed by atoms with E-state index in [0.717, 1.165) is 4.57 Å². The van der Waals surface area contributed by atoms with E-state index < -0.39 is 18.1 Å². The third kappa shape index (κ3) is 3.44. The summed E-state index contributed by atoms with van der Waals surface area (Å²) in [6, 6.07) is 8.79. The molecule has 92 valence electrons. The second kappa shape index (κ2) is 6.51. The molecule has 1 aromatic heterocycles. The number of carbonyl (C=O) groups is 1. The van der Waals surface area contributed by atoms with Gasteiger partial charge < -0.3 is 15.6 Å². The number of carboxylic acids is 1. The maximum atomic E-state index is 11.8. The number of anilines is 1. The van der Waals surface area contributed by atoms with Crippen molar-refractivity contribution in [3.05, 3.63) is 46.9 Å². The van der Waals surface area contributed by atoms with Gasteiger partial charge in [0, 0.05) is 5.56 Å². The molecule has 2 aromatic rings. The third-order valence-corrected chi connectivity index (χ3v) is 2.39. The van der Waals surface area contributed by atoms with Crippen LogP contribution in [0.4, 0.5) is 5.69 Å². The van der Waals surface area contributed by atoms with Crippen molar-refractivity contribution in [3.8, 4) is 11.4 Å². The van der Waals surface area contributed by atoms with Gasteiger partial charge in [-0.1, -0.05) is 30.3 Å². The zero-order valence-electron chi connectivity index (χ0n) is 10.4. The van der Waals surface area contributed by atoms with Gasteiger partial charge in [-0.15, -0.1) is 0 Å². The Kier molecular flexibility index (Phi) is 5.29. The van der Waals surface area contributed by atoms with E-state index in [1.807, 2.05) is 6.07 Å². The molecule has 2 rings (SSSR count). The number of hydrogen-bond acceptors (Lipinski definition) is 5. The maximum absolute atomic E-state index is 11.8. The molecule has 0 spiro atoms. The van der Waals surface area contributed by atoms with Crippen LogP contribution >= 0.6 is 0 Å². The first-order chi connectivity index (χ1) is 8.59. The molecular formula is C12H10N3NaO3. The van der Waals surface area contributed by atoms with Crippen LogP contribution in [0.15, 0.2) is 41.3 Å². The summed E-state index contributed by atoms with van der Waals surface area (Å²) in [6.45, 7) is -0.582. The van der Waals surface area contributed by atoms with E-state index in [0.29, 0.717) is 5.56 Å². The van der Waals surface area contributed by atoms with E-state index in [2.05, 4.69) is 4.98 Å². The summed E-state index contributed by atoms with van der Waals surface area (Å²) in [7, 11) is 0. The van der Waals surface area contributed by atoms with Crippen molar-refractivity contribution in [2.24, 2.45) is 0 Å². The number of nitrogen functional groups attached to an aromatic ring is 1. The molecule has 0 amide bonds. The average Bonchev–Trinajstić information content (AvgIpc) is 2.36. The molecule has 2 N–H and O–H groups in total. The zero-order valence-corrected chi connectivity index (χ0v) is 12.4. The molecule has 0 aliphatic rings. The van der Waals surface area contributed by atoms with E-state index in [1.165, 1.54) is 6.20 Å². The first kappa shape index (κ1) is 15.4. The normalized spacial score (nSPS) is 9.68. The summed E-state index contributed by atoms with van der Waals surface area (Å²) in [5, 5.41) is 10.7. The van der Waals surface area contributed by atoms with Gasteiger partial charge in [-0.25, -0.2) is 4.98 Å². The van der Waals surface area contributed by atoms with Gasteiger partial charge in [0.1, 0.15) is 11.5 Å². The smallest absolute Gasteiger partial charge is 0.548 e. The zero-order chi connectivity index (χ0) is 13.1. The minimum atomic E-state index is -1.37. The molecule has 0 radical (unpaired) electrons.